The first-order valence-corrected chi connectivity index (χ1v) is 6.48. The van der Waals surface area contributed by atoms with Gasteiger partial charge in [-0.25, -0.2) is 0 Å². The van der Waals surface area contributed by atoms with E-state index < -0.39 is 0 Å². The Balaban J connectivity index is 0.00000144. The summed E-state index contributed by atoms with van der Waals surface area (Å²) >= 11 is 0. The summed E-state index contributed by atoms with van der Waals surface area (Å²) in [7, 11) is 0. The summed E-state index contributed by atoms with van der Waals surface area (Å²) in [6, 6.07) is 0. The Morgan fingerprint density at radius 1 is 1.53 bits per heavy atom. The molecule has 0 saturated carbocycles. The van der Waals surface area contributed by atoms with E-state index in [4.69, 9.17) is 4.74 Å². The summed E-state index contributed by atoms with van der Waals surface area (Å²) in [6.45, 7) is 6.16. The molecule has 17 heavy (non-hydrogen) atoms. The Morgan fingerprint density at radius 2 is 2.41 bits per heavy atom. The lowest BCUT2D eigenvalue weighted by molar-refractivity contribution is 0.00122. The van der Waals surface area contributed by atoms with E-state index in [2.05, 4.69) is 22.5 Å². The molecule has 4 nitrogen and oxygen atoms in total. The molecule has 2 rings (SSSR count). The van der Waals surface area contributed by atoms with Crippen molar-refractivity contribution < 1.29 is 4.74 Å². The highest BCUT2D eigenvalue weighted by Gasteiger charge is 2.18. The number of nitrogens with one attached hydrogen (secondary N) is 2. The molecule has 2 aliphatic rings. The highest BCUT2D eigenvalue weighted by molar-refractivity contribution is 14.0. The summed E-state index contributed by atoms with van der Waals surface area (Å²) in [5.41, 5.74) is 0. The van der Waals surface area contributed by atoms with E-state index in [0.29, 0.717) is 6.10 Å². The molecule has 2 N–H and O–H groups in total. The minimum absolute atomic E-state index is 0. The van der Waals surface area contributed by atoms with E-state index in [0.717, 1.165) is 44.5 Å². The second kappa shape index (κ2) is 8.13. The molecule has 5 heteroatoms. The number of halogens is 1. The molecule has 0 amide bonds. The summed E-state index contributed by atoms with van der Waals surface area (Å²) < 4.78 is 5.55. The van der Waals surface area contributed by atoms with Crippen LogP contribution in [0.4, 0.5) is 0 Å². The van der Waals surface area contributed by atoms with Gasteiger partial charge < -0.3 is 15.4 Å². The molecular weight excluding hydrogens is 329 g/mol. The van der Waals surface area contributed by atoms with Gasteiger partial charge in [0.2, 0.25) is 0 Å². The molecule has 2 heterocycles. The number of hydrogen-bond acceptors (Lipinski definition) is 4. The molecule has 0 aromatic rings. The van der Waals surface area contributed by atoms with Crippen LogP contribution < -0.4 is 10.6 Å². The number of ether oxygens (including phenoxy) is 1. The van der Waals surface area contributed by atoms with Crippen LogP contribution in [-0.4, -0.2) is 38.3 Å². The van der Waals surface area contributed by atoms with Crippen LogP contribution in [0.2, 0.25) is 0 Å². The first kappa shape index (κ1) is 15.0. The lowest BCUT2D eigenvalue weighted by atomic mass is 9.93. The molecule has 0 spiro atoms. The molecule has 2 aliphatic heterocycles. The van der Waals surface area contributed by atoms with Crippen molar-refractivity contribution in [2.45, 2.75) is 38.7 Å². The molecule has 0 radical (unpaired) electrons. The molecule has 0 aromatic heterocycles. The maximum atomic E-state index is 5.55. The Kier molecular flexibility index (Phi) is 7.18. The quantitative estimate of drug-likeness (QED) is 0.760. The Bertz CT molecular complexity index is 248. The SMILES string of the molecule is CC1CC(CCNC2=NCCCN2)CCO1.I. The predicted octanol–water partition coefficient (Wildman–Crippen LogP) is 1.75. The molecule has 0 bridgehead atoms. The van der Waals surface area contributed by atoms with Crippen LogP contribution in [0.5, 0.6) is 0 Å². The van der Waals surface area contributed by atoms with Crippen molar-refractivity contribution in [1.29, 1.82) is 0 Å². The molecular formula is C12H24IN3O. The number of nitrogens with zero attached hydrogens (tertiary/aromatic N) is 1. The van der Waals surface area contributed by atoms with E-state index in [1.54, 1.807) is 0 Å². The van der Waals surface area contributed by atoms with Crippen molar-refractivity contribution in [3.63, 3.8) is 0 Å². The highest BCUT2D eigenvalue weighted by atomic mass is 127. The number of guanidine groups is 1. The number of rotatable bonds is 3. The van der Waals surface area contributed by atoms with Gasteiger partial charge in [0, 0.05) is 26.2 Å². The summed E-state index contributed by atoms with van der Waals surface area (Å²) in [5, 5.41) is 6.66. The molecule has 2 atom stereocenters. The van der Waals surface area contributed by atoms with Gasteiger partial charge in [0.1, 0.15) is 0 Å². The molecule has 0 aromatic carbocycles. The standard InChI is InChI=1S/C12H23N3O.HI/c1-10-9-11(4-8-16-10)3-7-15-12-13-5-2-6-14-12;/h10-11H,2-9H2,1H3,(H2,13,14,15);1H. The van der Waals surface area contributed by atoms with Gasteiger partial charge in [-0.2, -0.15) is 0 Å². The molecule has 2 unspecified atom stereocenters. The molecule has 1 fully saturated rings. The summed E-state index contributed by atoms with van der Waals surface area (Å²) in [5.74, 6) is 1.81. The topological polar surface area (TPSA) is 45.7 Å². The predicted molar refractivity (Wildman–Crippen MR) is 81.1 cm³/mol. The summed E-state index contributed by atoms with van der Waals surface area (Å²) in [4.78, 5) is 4.40. The zero-order chi connectivity index (χ0) is 11.2. The fourth-order valence-corrected chi connectivity index (χ4v) is 2.40. The first-order valence-electron chi connectivity index (χ1n) is 6.48. The van der Waals surface area contributed by atoms with Crippen molar-refractivity contribution >= 4 is 29.9 Å². The van der Waals surface area contributed by atoms with Gasteiger partial charge in [-0.1, -0.05) is 0 Å². The van der Waals surface area contributed by atoms with Gasteiger partial charge in [-0.05, 0) is 38.5 Å². The second-order valence-electron chi connectivity index (χ2n) is 4.80. The second-order valence-corrected chi connectivity index (χ2v) is 4.80. The Morgan fingerprint density at radius 3 is 3.12 bits per heavy atom. The minimum atomic E-state index is 0. The zero-order valence-corrected chi connectivity index (χ0v) is 12.9. The Hall–Kier alpha value is -0.0400. The smallest absolute Gasteiger partial charge is 0.191 e. The van der Waals surface area contributed by atoms with Gasteiger partial charge in [0.25, 0.3) is 0 Å². The number of hydrogen-bond donors (Lipinski definition) is 2. The van der Waals surface area contributed by atoms with Gasteiger partial charge in [-0.3, -0.25) is 4.99 Å². The Labute approximate surface area is 121 Å². The van der Waals surface area contributed by atoms with Crippen LogP contribution in [0.15, 0.2) is 4.99 Å². The van der Waals surface area contributed by atoms with Crippen molar-refractivity contribution in [2.75, 3.05) is 26.2 Å². The maximum absolute atomic E-state index is 5.55. The van der Waals surface area contributed by atoms with E-state index in [-0.39, 0.29) is 24.0 Å². The van der Waals surface area contributed by atoms with Crippen LogP contribution >= 0.6 is 24.0 Å². The van der Waals surface area contributed by atoms with Gasteiger partial charge in [0.15, 0.2) is 5.96 Å². The minimum Gasteiger partial charge on any atom is -0.378 e. The monoisotopic (exact) mass is 353 g/mol. The van der Waals surface area contributed by atoms with Crippen LogP contribution in [0.1, 0.15) is 32.6 Å². The third kappa shape index (κ3) is 5.42. The largest absolute Gasteiger partial charge is 0.378 e. The zero-order valence-electron chi connectivity index (χ0n) is 10.6. The fourth-order valence-electron chi connectivity index (χ4n) is 2.40. The van der Waals surface area contributed by atoms with Crippen molar-refractivity contribution in [3.05, 3.63) is 0 Å². The van der Waals surface area contributed by atoms with Gasteiger partial charge in [-0.15, -0.1) is 24.0 Å². The van der Waals surface area contributed by atoms with Gasteiger partial charge >= 0.3 is 0 Å². The van der Waals surface area contributed by atoms with E-state index in [1.165, 1.54) is 19.3 Å². The lowest BCUT2D eigenvalue weighted by Crippen LogP contribution is -2.41. The van der Waals surface area contributed by atoms with Crippen LogP contribution in [0, 0.1) is 5.92 Å². The summed E-state index contributed by atoms with van der Waals surface area (Å²) in [6.07, 6.45) is 5.26. The average molecular weight is 353 g/mol. The third-order valence-electron chi connectivity index (χ3n) is 3.34. The van der Waals surface area contributed by atoms with Crippen molar-refractivity contribution in [1.82, 2.24) is 10.6 Å². The maximum Gasteiger partial charge on any atom is 0.191 e. The van der Waals surface area contributed by atoms with Crippen LogP contribution in [0.3, 0.4) is 0 Å². The highest BCUT2D eigenvalue weighted by Crippen LogP contribution is 2.22. The average Bonchev–Trinajstić information content (AvgIpc) is 2.30. The van der Waals surface area contributed by atoms with E-state index >= 15 is 0 Å². The third-order valence-corrected chi connectivity index (χ3v) is 3.34. The van der Waals surface area contributed by atoms with E-state index in [9.17, 15) is 0 Å². The van der Waals surface area contributed by atoms with Crippen molar-refractivity contribution in [2.24, 2.45) is 10.9 Å². The van der Waals surface area contributed by atoms with Crippen molar-refractivity contribution in [3.8, 4) is 0 Å². The van der Waals surface area contributed by atoms with Crippen LogP contribution in [-0.2, 0) is 4.74 Å². The first-order chi connectivity index (χ1) is 7.84. The van der Waals surface area contributed by atoms with Gasteiger partial charge in [0.05, 0.1) is 6.10 Å². The van der Waals surface area contributed by atoms with E-state index in [1.807, 2.05) is 0 Å². The molecule has 0 aliphatic carbocycles. The number of aliphatic imine (C=N–C) groups is 1. The fraction of sp³-hybridized carbons (Fsp3) is 0.917. The van der Waals surface area contributed by atoms with Crippen LogP contribution in [0.25, 0.3) is 0 Å². The molecule has 100 valence electrons. The molecule has 1 saturated heterocycles. The lowest BCUT2D eigenvalue weighted by Gasteiger charge is -2.27. The normalized spacial score (nSPS) is 28.6.